The first kappa shape index (κ1) is 18.8. The number of amides is 2. The maximum Gasteiger partial charge on any atom is 0.411 e. The van der Waals surface area contributed by atoms with Crippen molar-refractivity contribution in [1.29, 1.82) is 0 Å². The number of nitrogens with zero attached hydrogens (tertiary/aromatic N) is 3. The first-order chi connectivity index (χ1) is 11.8. The van der Waals surface area contributed by atoms with Gasteiger partial charge in [0.05, 0.1) is 5.88 Å². The Morgan fingerprint density at radius 3 is 2.40 bits per heavy atom. The van der Waals surface area contributed by atoms with Crippen LogP contribution < -0.4 is 0 Å². The Kier molecular flexibility index (Phi) is 5.83. The predicted molar refractivity (Wildman–Crippen MR) is 99.6 cm³/mol. The van der Waals surface area contributed by atoms with E-state index in [0.29, 0.717) is 6.54 Å². The quantitative estimate of drug-likeness (QED) is 0.748. The minimum atomic E-state index is -0.544. The molecule has 2 unspecified atom stereocenters. The molecule has 0 radical (unpaired) electrons. The van der Waals surface area contributed by atoms with E-state index in [1.54, 1.807) is 16.7 Å². The molecule has 6 nitrogen and oxygen atoms in total. The minimum Gasteiger partial charge on any atom is -0.444 e. The molecule has 0 aromatic carbocycles. The zero-order valence-corrected chi connectivity index (χ0v) is 16.5. The van der Waals surface area contributed by atoms with Crippen LogP contribution in [-0.2, 0) is 9.53 Å². The van der Waals surface area contributed by atoms with E-state index in [2.05, 4.69) is 4.90 Å². The highest BCUT2D eigenvalue weighted by atomic mass is 32.2. The summed E-state index contributed by atoms with van der Waals surface area (Å²) in [7, 11) is 0. The fraction of sp³-hybridized carbons (Fsp3) is 0.889. The monoisotopic (exact) mass is 369 g/mol. The Hall–Kier alpha value is -0.950. The Morgan fingerprint density at radius 1 is 1.08 bits per heavy atom. The number of piperidine rings is 1. The van der Waals surface area contributed by atoms with E-state index in [0.717, 1.165) is 37.7 Å². The van der Waals surface area contributed by atoms with Crippen LogP contribution in [0.25, 0.3) is 0 Å². The lowest BCUT2D eigenvalue weighted by molar-refractivity contribution is -0.134. The molecule has 7 heteroatoms. The molecule has 25 heavy (non-hydrogen) atoms. The van der Waals surface area contributed by atoms with Crippen LogP contribution in [0.5, 0.6) is 0 Å². The van der Waals surface area contributed by atoms with Gasteiger partial charge in [0.1, 0.15) is 11.6 Å². The fourth-order valence-corrected chi connectivity index (χ4v) is 4.87. The van der Waals surface area contributed by atoms with Crippen molar-refractivity contribution in [2.24, 2.45) is 0 Å². The number of carbonyl (C=O) groups is 2. The van der Waals surface area contributed by atoms with E-state index < -0.39 is 5.60 Å². The molecule has 142 valence electrons. The zero-order valence-electron chi connectivity index (χ0n) is 15.7. The van der Waals surface area contributed by atoms with Crippen LogP contribution in [0, 0.1) is 0 Å². The molecule has 3 fully saturated rings. The summed E-state index contributed by atoms with van der Waals surface area (Å²) in [5.41, 5.74) is -0.544. The van der Waals surface area contributed by atoms with Crippen molar-refractivity contribution in [3.8, 4) is 0 Å². The number of carbonyl (C=O) groups excluding carboxylic acids is 2. The zero-order chi connectivity index (χ0) is 18.0. The van der Waals surface area contributed by atoms with Crippen molar-refractivity contribution in [2.45, 2.75) is 64.1 Å². The smallest absolute Gasteiger partial charge is 0.411 e. The molecule has 2 amide bonds. The van der Waals surface area contributed by atoms with Gasteiger partial charge in [0, 0.05) is 24.9 Å². The molecule has 3 heterocycles. The van der Waals surface area contributed by atoms with Gasteiger partial charge >= 0.3 is 6.09 Å². The third-order valence-electron chi connectivity index (χ3n) is 5.16. The second kappa shape index (κ2) is 7.74. The number of rotatable bonds is 2. The fourth-order valence-electron chi connectivity index (χ4n) is 3.92. The summed E-state index contributed by atoms with van der Waals surface area (Å²) in [6, 6.07) is -0.0995. The van der Waals surface area contributed by atoms with Crippen molar-refractivity contribution >= 4 is 23.8 Å². The van der Waals surface area contributed by atoms with Crippen LogP contribution >= 0.6 is 11.8 Å². The van der Waals surface area contributed by atoms with Gasteiger partial charge in [-0.15, -0.1) is 11.8 Å². The van der Waals surface area contributed by atoms with Gasteiger partial charge in [0.15, 0.2) is 0 Å². The maximum atomic E-state index is 13.0. The summed E-state index contributed by atoms with van der Waals surface area (Å²) in [5, 5.41) is 0. The number of likely N-dealkylation sites (tertiary alicyclic amines) is 2. The van der Waals surface area contributed by atoms with E-state index in [1.807, 2.05) is 25.7 Å². The van der Waals surface area contributed by atoms with Gasteiger partial charge in [-0.3, -0.25) is 14.6 Å². The van der Waals surface area contributed by atoms with Crippen LogP contribution in [0.3, 0.4) is 0 Å². The molecule has 0 N–H and O–H groups in total. The number of hydrogen-bond donors (Lipinski definition) is 0. The van der Waals surface area contributed by atoms with Crippen LogP contribution in [0.1, 0.15) is 46.5 Å². The molecule has 0 spiro atoms. The van der Waals surface area contributed by atoms with E-state index in [9.17, 15) is 9.59 Å². The van der Waals surface area contributed by atoms with Crippen LogP contribution in [0.2, 0.25) is 0 Å². The largest absolute Gasteiger partial charge is 0.444 e. The van der Waals surface area contributed by atoms with E-state index in [-0.39, 0.29) is 24.1 Å². The van der Waals surface area contributed by atoms with Gasteiger partial charge in [-0.1, -0.05) is 6.42 Å². The first-order valence-electron chi connectivity index (χ1n) is 9.45. The second-order valence-electron chi connectivity index (χ2n) is 8.27. The van der Waals surface area contributed by atoms with E-state index >= 15 is 0 Å². The van der Waals surface area contributed by atoms with Gasteiger partial charge < -0.3 is 9.64 Å². The van der Waals surface area contributed by atoms with Gasteiger partial charge in [-0.25, -0.2) is 4.79 Å². The second-order valence-corrected chi connectivity index (χ2v) is 9.35. The van der Waals surface area contributed by atoms with Gasteiger partial charge in [0.2, 0.25) is 5.91 Å². The summed E-state index contributed by atoms with van der Waals surface area (Å²) in [6.45, 7) is 9.16. The van der Waals surface area contributed by atoms with Crippen LogP contribution in [0.15, 0.2) is 0 Å². The lowest BCUT2D eigenvalue weighted by Gasteiger charge is -2.32. The molecule has 3 rings (SSSR count). The topological polar surface area (TPSA) is 53.1 Å². The average molecular weight is 370 g/mol. The van der Waals surface area contributed by atoms with Crippen molar-refractivity contribution < 1.29 is 14.3 Å². The standard InChI is InChI=1S/C18H31N3O3S/c1-18(2,3)24-17(23)21-12-14(19-7-5-4-6-8-19)11-15(21)16(22)20-9-10-25-13-20/h14-15H,4-13H2,1-3H3. The Bertz CT molecular complexity index is 496. The lowest BCUT2D eigenvalue weighted by atomic mass is 10.1. The van der Waals surface area contributed by atoms with Gasteiger partial charge in [0.25, 0.3) is 0 Å². The molecular formula is C18H31N3O3S. The highest BCUT2D eigenvalue weighted by Crippen LogP contribution is 2.29. The van der Waals surface area contributed by atoms with E-state index in [4.69, 9.17) is 4.74 Å². The molecule has 3 aliphatic rings. The van der Waals surface area contributed by atoms with Crippen molar-refractivity contribution in [3.05, 3.63) is 0 Å². The summed E-state index contributed by atoms with van der Waals surface area (Å²) in [4.78, 5) is 31.8. The van der Waals surface area contributed by atoms with Crippen molar-refractivity contribution in [2.75, 3.05) is 37.8 Å². The van der Waals surface area contributed by atoms with Gasteiger partial charge in [-0.2, -0.15) is 0 Å². The molecule has 3 aliphatic heterocycles. The Labute approximate surface area is 155 Å². The number of ether oxygens (including phenoxy) is 1. The number of hydrogen-bond acceptors (Lipinski definition) is 5. The summed E-state index contributed by atoms with van der Waals surface area (Å²) in [6.07, 6.45) is 4.09. The highest BCUT2D eigenvalue weighted by Gasteiger charge is 2.45. The van der Waals surface area contributed by atoms with E-state index in [1.165, 1.54) is 19.3 Å². The normalized spacial score (nSPS) is 28.4. The molecule has 2 atom stereocenters. The SMILES string of the molecule is CC(C)(C)OC(=O)N1CC(N2CCCCC2)CC1C(=O)N1CCSC1. The number of thioether (sulfide) groups is 1. The Balaban J connectivity index is 1.73. The Morgan fingerprint density at radius 2 is 1.80 bits per heavy atom. The molecular weight excluding hydrogens is 338 g/mol. The highest BCUT2D eigenvalue weighted by molar-refractivity contribution is 7.99. The lowest BCUT2D eigenvalue weighted by Crippen LogP contribution is -2.48. The summed E-state index contributed by atoms with van der Waals surface area (Å²) >= 11 is 1.78. The van der Waals surface area contributed by atoms with Crippen molar-refractivity contribution in [3.63, 3.8) is 0 Å². The molecule has 0 aromatic heterocycles. The third-order valence-corrected chi connectivity index (χ3v) is 6.13. The summed E-state index contributed by atoms with van der Waals surface area (Å²) < 4.78 is 5.59. The average Bonchev–Trinajstić information content (AvgIpc) is 3.23. The summed E-state index contributed by atoms with van der Waals surface area (Å²) in [5.74, 6) is 1.82. The van der Waals surface area contributed by atoms with Crippen molar-refractivity contribution in [1.82, 2.24) is 14.7 Å². The first-order valence-corrected chi connectivity index (χ1v) is 10.6. The van der Waals surface area contributed by atoms with Crippen LogP contribution in [0.4, 0.5) is 4.79 Å². The molecule has 0 aromatic rings. The molecule has 0 saturated carbocycles. The predicted octanol–water partition coefficient (Wildman–Crippen LogP) is 2.38. The van der Waals surface area contributed by atoms with Crippen LogP contribution in [-0.4, -0.2) is 82.2 Å². The maximum absolute atomic E-state index is 13.0. The molecule has 0 aliphatic carbocycles. The third kappa shape index (κ3) is 4.61. The minimum absolute atomic E-state index is 0.0929. The molecule has 3 saturated heterocycles. The van der Waals surface area contributed by atoms with Gasteiger partial charge in [-0.05, 0) is 53.1 Å². The molecule has 0 bridgehead atoms.